The highest BCUT2D eigenvalue weighted by Gasteiger charge is 2.31. The Morgan fingerprint density at radius 1 is 1.07 bits per heavy atom. The molecule has 8 heteroatoms. The Labute approximate surface area is 171 Å². The first kappa shape index (κ1) is 20.8. The molecular formula is C20H25ClN3O3S+. The van der Waals surface area contributed by atoms with Gasteiger partial charge in [0, 0.05) is 18.6 Å². The highest BCUT2D eigenvalue weighted by atomic mass is 35.5. The van der Waals surface area contributed by atoms with Crippen LogP contribution in [0.25, 0.3) is 0 Å². The number of piperazine rings is 1. The second-order valence-corrected chi connectivity index (χ2v) is 9.39. The Morgan fingerprint density at radius 2 is 1.68 bits per heavy atom. The lowest BCUT2D eigenvalue weighted by Crippen LogP contribution is -3.15. The Balaban J connectivity index is 1.52. The van der Waals surface area contributed by atoms with Crippen LogP contribution in [0.4, 0.5) is 0 Å². The van der Waals surface area contributed by atoms with Crippen molar-refractivity contribution < 1.29 is 18.1 Å². The van der Waals surface area contributed by atoms with Gasteiger partial charge in [0.1, 0.15) is 0 Å². The summed E-state index contributed by atoms with van der Waals surface area (Å²) in [5, 5.41) is 0.506. The van der Waals surface area contributed by atoms with E-state index in [4.69, 9.17) is 11.6 Å². The quantitative estimate of drug-likeness (QED) is 0.752. The van der Waals surface area contributed by atoms with Gasteiger partial charge in [0.25, 0.3) is 5.91 Å². The van der Waals surface area contributed by atoms with Crippen LogP contribution in [0.2, 0.25) is 5.02 Å². The van der Waals surface area contributed by atoms with Gasteiger partial charge in [0.05, 0.1) is 31.1 Å². The molecule has 2 aromatic rings. The largest absolute Gasteiger partial charge is 0.337 e. The lowest BCUT2D eigenvalue weighted by Gasteiger charge is -2.32. The number of sulfonamides is 1. The average Bonchev–Trinajstić information content (AvgIpc) is 2.69. The van der Waals surface area contributed by atoms with Crippen molar-refractivity contribution >= 4 is 27.5 Å². The second-order valence-electron chi connectivity index (χ2n) is 7.02. The Bertz CT molecular complexity index is 896. The second kappa shape index (κ2) is 9.05. The van der Waals surface area contributed by atoms with Gasteiger partial charge in [0.2, 0.25) is 10.0 Å². The topological polar surface area (TPSA) is 62.1 Å². The molecule has 1 heterocycles. The summed E-state index contributed by atoms with van der Waals surface area (Å²) in [7, 11) is -1.72. The number of carbonyl (C=O) groups excluding carboxylic acids is 1. The summed E-state index contributed by atoms with van der Waals surface area (Å²) in [6.07, 6.45) is 0. The van der Waals surface area contributed by atoms with Crippen LogP contribution in [-0.4, -0.2) is 63.3 Å². The van der Waals surface area contributed by atoms with Crippen LogP contribution in [0.5, 0.6) is 0 Å². The number of quaternary nitrogens is 1. The standard InChI is InChI=1S/C20H24ClN3O3S/c1-22(15-17-5-3-2-4-6-17)20(25)16-23-11-13-24(14-12-23)28(26,27)19-9-7-18(21)8-10-19/h2-10H,11-16H2,1H3/p+1. The first-order valence-electron chi connectivity index (χ1n) is 9.23. The zero-order valence-corrected chi connectivity index (χ0v) is 17.4. The van der Waals surface area contributed by atoms with E-state index in [1.165, 1.54) is 16.4 Å². The number of nitrogens with one attached hydrogen (secondary N) is 1. The molecule has 1 aliphatic heterocycles. The minimum atomic E-state index is -3.52. The van der Waals surface area contributed by atoms with Gasteiger partial charge in [-0.15, -0.1) is 0 Å². The van der Waals surface area contributed by atoms with E-state index in [1.807, 2.05) is 30.3 Å². The van der Waals surface area contributed by atoms with Gasteiger partial charge in [-0.2, -0.15) is 4.31 Å². The molecule has 2 aromatic carbocycles. The number of carbonyl (C=O) groups is 1. The van der Waals surface area contributed by atoms with Gasteiger partial charge < -0.3 is 9.80 Å². The average molecular weight is 423 g/mol. The van der Waals surface area contributed by atoms with Crippen molar-refractivity contribution in [3.05, 3.63) is 65.2 Å². The van der Waals surface area contributed by atoms with Crippen molar-refractivity contribution in [1.82, 2.24) is 9.21 Å². The molecule has 0 bridgehead atoms. The van der Waals surface area contributed by atoms with Crippen LogP contribution in [-0.2, 0) is 21.4 Å². The van der Waals surface area contributed by atoms with Gasteiger partial charge in [-0.1, -0.05) is 41.9 Å². The molecule has 28 heavy (non-hydrogen) atoms. The molecule has 0 atom stereocenters. The summed E-state index contributed by atoms with van der Waals surface area (Å²) in [4.78, 5) is 15.6. The molecule has 1 aliphatic rings. The lowest BCUT2D eigenvalue weighted by molar-refractivity contribution is -0.896. The van der Waals surface area contributed by atoms with Crippen LogP contribution >= 0.6 is 11.6 Å². The molecule has 3 rings (SSSR count). The predicted octanol–water partition coefficient (Wildman–Crippen LogP) is 0.888. The maximum Gasteiger partial charge on any atom is 0.277 e. The summed E-state index contributed by atoms with van der Waals surface area (Å²) in [5.41, 5.74) is 1.09. The maximum atomic E-state index is 12.7. The predicted molar refractivity (Wildman–Crippen MR) is 109 cm³/mol. The van der Waals surface area contributed by atoms with E-state index in [9.17, 15) is 13.2 Å². The van der Waals surface area contributed by atoms with E-state index < -0.39 is 10.0 Å². The fraction of sp³-hybridized carbons (Fsp3) is 0.350. The molecule has 0 aromatic heterocycles. The fourth-order valence-electron chi connectivity index (χ4n) is 3.27. The van der Waals surface area contributed by atoms with Crippen LogP contribution in [0, 0.1) is 0 Å². The normalized spacial score (nSPS) is 16.1. The SMILES string of the molecule is CN(Cc1ccccc1)C(=O)C[NH+]1CCN(S(=O)(=O)c2ccc(Cl)cc2)CC1. The number of nitrogens with zero attached hydrogens (tertiary/aromatic N) is 2. The van der Waals surface area contributed by atoms with Crippen LogP contribution in [0.1, 0.15) is 5.56 Å². The molecular weight excluding hydrogens is 398 g/mol. The third-order valence-electron chi connectivity index (χ3n) is 4.97. The van der Waals surface area contributed by atoms with Crippen molar-refractivity contribution in [3.63, 3.8) is 0 Å². The van der Waals surface area contributed by atoms with Gasteiger partial charge in [-0.3, -0.25) is 4.79 Å². The molecule has 1 N–H and O–H groups in total. The Morgan fingerprint density at radius 3 is 2.29 bits per heavy atom. The molecule has 1 saturated heterocycles. The van der Waals surface area contributed by atoms with E-state index in [0.717, 1.165) is 10.5 Å². The summed E-state index contributed by atoms with van der Waals surface area (Å²) in [6, 6.07) is 16.1. The third kappa shape index (κ3) is 5.11. The number of likely N-dealkylation sites (N-methyl/N-ethyl adjacent to an activating group) is 1. The molecule has 6 nitrogen and oxygen atoms in total. The third-order valence-corrected chi connectivity index (χ3v) is 7.14. The van der Waals surface area contributed by atoms with Crippen LogP contribution < -0.4 is 4.90 Å². The van der Waals surface area contributed by atoms with Gasteiger partial charge >= 0.3 is 0 Å². The smallest absolute Gasteiger partial charge is 0.277 e. The molecule has 0 radical (unpaired) electrons. The number of benzene rings is 2. The molecule has 0 saturated carbocycles. The Hall–Kier alpha value is -1.93. The molecule has 1 amide bonds. The number of halogens is 1. The van der Waals surface area contributed by atoms with Crippen LogP contribution in [0.15, 0.2) is 59.5 Å². The summed E-state index contributed by atoms with van der Waals surface area (Å²) in [6.45, 7) is 2.96. The summed E-state index contributed by atoms with van der Waals surface area (Å²) in [5.74, 6) is 0.0628. The molecule has 150 valence electrons. The van der Waals surface area contributed by atoms with Crippen LogP contribution in [0.3, 0.4) is 0 Å². The van der Waals surface area contributed by atoms with Gasteiger partial charge in [-0.05, 0) is 29.8 Å². The highest BCUT2D eigenvalue weighted by molar-refractivity contribution is 7.89. The summed E-state index contributed by atoms with van der Waals surface area (Å²) >= 11 is 5.84. The van der Waals surface area contributed by atoms with E-state index in [-0.39, 0.29) is 10.8 Å². The van der Waals surface area contributed by atoms with Gasteiger partial charge in [0.15, 0.2) is 6.54 Å². The Kier molecular flexibility index (Phi) is 6.72. The summed E-state index contributed by atoms with van der Waals surface area (Å²) < 4.78 is 27.0. The van der Waals surface area contributed by atoms with E-state index in [2.05, 4.69) is 0 Å². The first-order valence-corrected chi connectivity index (χ1v) is 11.1. The molecule has 0 spiro atoms. The minimum Gasteiger partial charge on any atom is -0.337 e. The van der Waals surface area contributed by atoms with Crippen molar-refractivity contribution in [3.8, 4) is 0 Å². The first-order chi connectivity index (χ1) is 13.4. The maximum absolute atomic E-state index is 12.7. The van der Waals surface area contributed by atoms with Crippen molar-refractivity contribution in [2.45, 2.75) is 11.4 Å². The zero-order valence-electron chi connectivity index (χ0n) is 15.8. The number of rotatable bonds is 6. The molecule has 1 fully saturated rings. The van der Waals surface area contributed by atoms with E-state index >= 15 is 0 Å². The number of hydrogen-bond acceptors (Lipinski definition) is 3. The van der Waals surface area contributed by atoms with E-state index in [1.54, 1.807) is 24.1 Å². The zero-order chi connectivity index (χ0) is 20.1. The van der Waals surface area contributed by atoms with E-state index in [0.29, 0.717) is 44.3 Å². The fourth-order valence-corrected chi connectivity index (χ4v) is 4.84. The van der Waals surface area contributed by atoms with Crippen molar-refractivity contribution in [2.24, 2.45) is 0 Å². The highest BCUT2D eigenvalue weighted by Crippen LogP contribution is 2.18. The van der Waals surface area contributed by atoms with Crippen molar-refractivity contribution in [2.75, 3.05) is 39.8 Å². The molecule has 0 aliphatic carbocycles. The monoisotopic (exact) mass is 422 g/mol. The molecule has 0 unspecified atom stereocenters. The number of hydrogen-bond donors (Lipinski definition) is 1. The number of amides is 1. The minimum absolute atomic E-state index is 0.0628. The lowest BCUT2D eigenvalue weighted by atomic mass is 10.2. The van der Waals surface area contributed by atoms with Gasteiger partial charge in [-0.25, -0.2) is 8.42 Å². The van der Waals surface area contributed by atoms with Crippen molar-refractivity contribution in [1.29, 1.82) is 0 Å².